The Kier molecular flexibility index (Phi) is 4.47. The Morgan fingerprint density at radius 1 is 1.19 bits per heavy atom. The molecule has 2 saturated heterocycles. The summed E-state index contributed by atoms with van der Waals surface area (Å²) in [5, 5.41) is 3.59. The molecule has 0 aromatic carbocycles. The van der Waals surface area contributed by atoms with Crippen LogP contribution in [0.15, 0.2) is 0 Å². The summed E-state index contributed by atoms with van der Waals surface area (Å²) >= 11 is 1.76. The van der Waals surface area contributed by atoms with Crippen LogP contribution in [-0.4, -0.2) is 45.3 Å². The van der Waals surface area contributed by atoms with Crippen LogP contribution < -0.4 is 5.32 Å². The van der Waals surface area contributed by atoms with Crippen LogP contribution in [-0.2, 0) is 9.59 Å². The van der Waals surface area contributed by atoms with Gasteiger partial charge >= 0.3 is 0 Å². The first kappa shape index (κ1) is 16.8. The van der Waals surface area contributed by atoms with Crippen molar-refractivity contribution >= 4 is 23.5 Å². The molecule has 2 aliphatic heterocycles. The second-order valence-electron chi connectivity index (χ2n) is 8.19. The maximum absolute atomic E-state index is 12.8. The average Bonchev–Trinajstić information content (AvgIpc) is 2.73. The summed E-state index contributed by atoms with van der Waals surface area (Å²) < 4.78 is 0. The molecule has 2 aliphatic rings. The van der Waals surface area contributed by atoms with Crippen LogP contribution in [0.3, 0.4) is 0 Å². The number of ketones is 1. The molecular weight excluding hydrogens is 284 g/mol. The Labute approximate surface area is 132 Å². The van der Waals surface area contributed by atoms with Crippen LogP contribution in [0, 0.1) is 5.41 Å². The molecule has 0 saturated carbocycles. The number of fused-ring (bicyclic) bond motifs is 1. The van der Waals surface area contributed by atoms with Gasteiger partial charge in [-0.15, -0.1) is 11.8 Å². The van der Waals surface area contributed by atoms with Gasteiger partial charge in [-0.2, -0.15) is 0 Å². The standard InChI is InChI=1S/C16H28N2O2S/c1-15(2,3)13(19)11-9-21-12-8-7-10(14(20)18(11)12)17-16(4,5)6/h10-12,17H,7-9H2,1-6H3/t10-,11-,12?/m0/s1. The van der Waals surface area contributed by atoms with Gasteiger partial charge in [-0.05, 0) is 33.6 Å². The molecule has 0 aliphatic carbocycles. The van der Waals surface area contributed by atoms with E-state index in [1.54, 1.807) is 11.8 Å². The highest BCUT2D eigenvalue weighted by molar-refractivity contribution is 8.00. The van der Waals surface area contributed by atoms with Gasteiger partial charge in [-0.3, -0.25) is 9.59 Å². The van der Waals surface area contributed by atoms with Crippen molar-refractivity contribution in [2.45, 2.75) is 77.4 Å². The fourth-order valence-corrected chi connectivity index (χ4v) is 4.48. The number of rotatable bonds is 2. The first-order chi connectivity index (χ1) is 9.50. The zero-order valence-corrected chi connectivity index (χ0v) is 14.8. The second-order valence-corrected chi connectivity index (χ2v) is 9.40. The Morgan fingerprint density at radius 3 is 2.33 bits per heavy atom. The quantitative estimate of drug-likeness (QED) is 0.851. The van der Waals surface area contributed by atoms with E-state index in [0.717, 1.165) is 18.6 Å². The summed E-state index contributed by atoms with van der Waals surface area (Å²) in [6, 6.07) is -0.410. The van der Waals surface area contributed by atoms with E-state index >= 15 is 0 Å². The lowest BCUT2D eigenvalue weighted by Gasteiger charge is -2.40. The fraction of sp³-hybridized carbons (Fsp3) is 0.875. The molecule has 2 rings (SSSR count). The molecule has 0 radical (unpaired) electrons. The van der Waals surface area contributed by atoms with Gasteiger partial charge in [0.25, 0.3) is 0 Å². The van der Waals surface area contributed by atoms with Crippen LogP contribution in [0.1, 0.15) is 54.4 Å². The van der Waals surface area contributed by atoms with Crippen LogP contribution in [0.25, 0.3) is 0 Å². The van der Waals surface area contributed by atoms with Gasteiger partial charge in [0.2, 0.25) is 5.91 Å². The summed E-state index contributed by atoms with van der Waals surface area (Å²) in [6.45, 7) is 12.0. The summed E-state index contributed by atoms with van der Waals surface area (Å²) in [5.41, 5.74) is -0.492. The minimum atomic E-state index is -0.398. The van der Waals surface area contributed by atoms with Crippen LogP contribution >= 0.6 is 11.8 Å². The second kappa shape index (κ2) is 5.58. The van der Waals surface area contributed by atoms with Crippen molar-refractivity contribution < 1.29 is 9.59 Å². The van der Waals surface area contributed by atoms with E-state index in [0.29, 0.717) is 0 Å². The minimum absolute atomic E-state index is 0.0937. The van der Waals surface area contributed by atoms with Crippen molar-refractivity contribution in [1.29, 1.82) is 0 Å². The van der Waals surface area contributed by atoms with Crippen molar-refractivity contribution in [2.24, 2.45) is 5.41 Å². The molecule has 0 bridgehead atoms. The van der Waals surface area contributed by atoms with E-state index in [4.69, 9.17) is 0 Å². The number of amides is 1. The molecule has 2 fully saturated rings. The Bertz CT molecular complexity index is 437. The smallest absolute Gasteiger partial charge is 0.241 e. The molecule has 0 spiro atoms. The summed E-state index contributed by atoms with van der Waals surface area (Å²) in [6.07, 6.45) is 1.83. The Morgan fingerprint density at radius 2 is 1.81 bits per heavy atom. The highest BCUT2D eigenvalue weighted by atomic mass is 32.2. The topological polar surface area (TPSA) is 49.4 Å². The van der Waals surface area contributed by atoms with Gasteiger partial charge < -0.3 is 10.2 Å². The molecule has 1 unspecified atom stereocenters. The molecule has 1 amide bonds. The maximum atomic E-state index is 12.8. The van der Waals surface area contributed by atoms with Gasteiger partial charge in [0.15, 0.2) is 5.78 Å². The molecule has 0 aromatic heterocycles. The largest absolute Gasteiger partial charge is 0.318 e. The number of carbonyl (C=O) groups excluding carboxylic acids is 2. The van der Waals surface area contributed by atoms with E-state index in [1.165, 1.54) is 0 Å². The summed E-state index contributed by atoms with van der Waals surface area (Å²) in [4.78, 5) is 27.3. The van der Waals surface area contributed by atoms with Gasteiger partial charge in [0.1, 0.15) is 6.04 Å². The number of piperidine rings is 1. The number of hydrogen-bond donors (Lipinski definition) is 1. The lowest BCUT2D eigenvalue weighted by atomic mass is 9.85. The first-order valence-corrected chi connectivity index (χ1v) is 8.81. The molecule has 5 heteroatoms. The highest BCUT2D eigenvalue weighted by Gasteiger charge is 2.48. The van der Waals surface area contributed by atoms with Crippen LogP contribution in [0.2, 0.25) is 0 Å². The minimum Gasteiger partial charge on any atom is -0.318 e. The third kappa shape index (κ3) is 3.62. The number of carbonyl (C=O) groups is 2. The van der Waals surface area contributed by atoms with Gasteiger partial charge in [0.05, 0.1) is 11.4 Å². The average molecular weight is 312 g/mol. The number of Topliss-reactive ketones (excluding diaryl/α,β-unsaturated/α-hetero) is 1. The summed E-state index contributed by atoms with van der Waals surface area (Å²) in [7, 11) is 0. The van der Waals surface area contributed by atoms with Crippen molar-refractivity contribution in [3.8, 4) is 0 Å². The van der Waals surface area contributed by atoms with Crippen molar-refractivity contribution in [1.82, 2.24) is 10.2 Å². The molecule has 4 nitrogen and oxygen atoms in total. The first-order valence-electron chi connectivity index (χ1n) is 7.76. The number of thioether (sulfide) groups is 1. The molecule has 120 valence electrons. The molecule has 2 heterocycles. The number of nitrogens with one attached hydrogen (secondary N) is 1. The molecule has 3 atom stereocenters. The lowest BCUT2D eigenvalue weighted by molar-refractivity contribution is -0.146. The highest BCUT2D eigenvalue weighted by Crippen LogP contribution is 2.39. The molecule has 21 heavy (non-hydrogen) atoms. The Hall–Kier alpha value is -0.550. The number of hydrogen-bond acceptors (Lipinski definition) is 4. The third-order valence-corrected chi connectivity index (χ3v) is 5.35. The van der Waals surface area contributed by atoms with Crippen LogP contribution in [0.5, 0.6) is 0 Å². The van der Waals surface area contributed by atoms with E-state index in [1.807, 2.05) is 25.7 Å². The van der Waals surface area contributed by atoms with E-state index in [-0.39, 0.29) is 34.7 Å². The molecule has 1 N–H and O–H groups in total. The van der Waals surface area contributed by atoms with Crippen LogP contribution in [0.4, 0.5) is 0 Å². The summed E-state index contributed by atoms with van der Waals surface area (Å²) in [5.74, 6) is 1.03. The van der Waals surface area contributed by atoms with Gasteiger partial charge in [0, 0.05) is 16.7 Å². The van der Waals surface area contributed by atoms with Gasteiger partial charge in [-0.25, -0.2) is 0 Å². The monoisotopic (exact) mass is 312 g/mol. The maximum Gasteiger partial charge on any atom is 0.241 e. The van der Waals surface area contributed by atoms with Crippen molar-refractivity contribution in [2.75, 3.05) is 5.75 Å². The van der Waals surface area contributed by atoms with E-state index < -0.39 is 5.41 Å². The SMILES string of the molecule is CC(C)(C)N[C@H]1CCC2SC[C@@H](C(=O)C(C)(C)C)N2C1=O. The zero-order valence-electron chi connectivity index (χ0n) is 14.0. The lowest BCUT2D eigenvalue weighted by Crippen LogP contribution is -2.60. The zero-order chi connectivity index (χ0) is 16.0. The Balaban J connectivity index is 2.17. The predicted molar refractivity (Wildman–Crippen MR) is 87.3 cm³/mol. The molecular formula is C16H28N2O2S. The van der Waals surface area contributed by atoms with E-state index in [2.05, 4.69) is 26.1 Å². The predicted octanol–water partition coefficient (Wildman–Crippen LogP) is 2.42. The number of nitrogens with zero attached hydrogens (tertiary/aromatic N) is 1. The fourth-order valence-electron chi connectivity index (χ4n) is 3.05. The van der Waals surface area contributed by atoms with Crippen molar-refractivity contribution in [3.05, 3.63) is 0 Å². The van der Waals surface area contributed by atoms with Crippen molar-refractivity contribution in [3.63, 3.8) is 0 Å². The normalized spacial score (nSPS) is 30.5. The molecule has 0 aromatic rings. The van der Waals surface area contributed by atoms with Gasteiger partial charge in [-0.1, -0.05) is 20.8 Å². The van der Waals surface area contributed by atoms with E-state index in [9.17, 15) is 9.59 Å². The third-order valence-electron chi connectivity index (χ3n) is 4.00.